The number of nitrogens with one attached hydrogen (secondary N) is 1. The lowest BCUT2D eigenvalue weighted by molar-refractivity contribution is -0.134. The molecule has 1 amide bonds. The van der Waals surface area contributed by atoms with Gasteiger partial charge >= 0.3 is 0 Å². The van der Waals surface area contributed by atoms with Crippen LogP contribution in [0.3, 0.4) is 0 Å². The van der Waals surface area contributed by atoms with Gasteiger partial charge in [-0.15, -0.1) is 12.4 Å². The molecule has 0 aromatic heterocycles. The number of nitrogens with zero attached hydrogens (tertiary/aromatic N) is 1. The normalized spacial score (nSPS) is 27.6. The summed E-state index contributed by atoms with van der Waals surface area (Å²) in [6.45, 7) is 3.91. The predicted molar refractivity (Wildman–Crippen MR) is 71.1 cm³/mol. The molecule has 106 valence electrons. The van der Waals surface area contributed by atoms with Crippen LogP contribution in [0.5, 0.6) is 0 Å². The Morgan fingerprint density at radius 3 is 2.72 bits per heavy atom. The standard InChI is InChI=1S/C12H22N2O3.ClH/c1-14(9-10-3-2-5-16-10)12(15)7-11-8-13-4-6-17-11;/h10-11,13H,2-9H2,1H3;1H. The summed E-state index contributed by atoms with van der Waals surface area (Å²) in [5.41, 5.74) is 0. The van der Waals surface area contributed by atoms with Crippen LogP contribution in [-0.4, -0.2) is 62.9 Å². The maximum atomic E-state index is 12.0. The first-order valence-electron chi connectivity index (χ1n) is 6.43. The van der Waals surface area contributed by atoms with Crippen LogP contribution in [0.4, 0.5) is 0 Å². The molecule has 2 saturated heterocycles. The fourth-order valence-corrected chi connectivity index (χ4v) is 2.30. The molecule has 2 unspecified atom stereocenters. The van der Waals surface area contributed by atoms with Crippen LogP contribution in [0.15, 0.2) is 0 Å². The van der Waals surface area contributed by atoms with E-state index in [2.05, 4.69) is 5.32 Å². The number of morpholine rings is 1. The van der Waals surface area contributed by atoms with Gasteiger partial charge in [0.15, 0.2) is 0 Å². The summed E-state index contributed by atoms with van der Waals surface area (Å²) in [4.78, 5) is 13.7. The number of ether oxygens (including phenoxy) is 2. The molecule has 1 N–H and O–H groups in total. The number of carbonyl (C=O) groups is 1. The van der Waals surface area contributed by atoms with Crippen LogP contribution in [-0.2, 0) is 14.3 Å². The minimum atomic E-state index is 0. The third-order valence-electron chi connectivity index (χ3n) is 3.33. The second-order valence-electron chi connectivity index (χ2n) is 4.81. The Morgan fingerprint density at radius 2 is 2.11 bits per heavy atom. The van der Waals surface area contributed by atoms with Crippen molar-refractivity contribution in [1.82, 2.24) is 10.2 Å². The number of hydrogen-bond donors (Lipinski definition) is 1. The minimum absolute atomic E-state index is 0. The quantitative estimate of drug-likeness (QED) is 0.810. The Labute approximate surface area is 115 Å². The number of carbonyl (C=O) groups excluding carboxylic acids is 1. The number of amides is 1. The molecule has 6 heteroatoms. The average molecular weight is 279 g/mol. The van der Waals surface area contributed by atoms with Gasteiger partial charge in [-0.2, -0.15) is 0 Å². The van der Waals surface area contributed by atoms with E-state index in [1.165, 1.54) is 0 Å². The van der Waals surface area contributed by atoms with E-state index in [4.69, 9.17) is 9.47 Å². The molecule has 0 spiro atoms. The number of likely N-dealkylation sites (N-methyl/N-ethyl adjacent to an activating group) is 1. The summed E-state index contributed by atoms with van der Waals surface area (Å²) in [6, 6.07) is 0. The highest BCUT2D eigenvalue weighted by atomic mass is 35.5. The molecule has 0 saturated carbocycles. The summed E-state index contributed by atoms with van der Waals surface area (Å²) < 4.78 is 11.1. The van der Waals surface area contributed by atoms with Crippen molar-refractivity contribution in [3.05, 3.63) is 0 Å². The van der Waals surface area contributed by atoms with Gasteiger partial charge < -0.3 is 19.7 Å². The molecule has 2 atom stereocenters. The van der Waals surface area contributed by atoms with Crippen molar-refractivity contribution in [3.8, 4) is 0 Å². The third-order valence-corrected chi connectivity index (χ3v) is 3.33. The van der Waals surface area contributed by atoms with Gasteiger partial charge in [-0.05, 0) is 12.8 Å². The van der Waals surface area contributed by atoms with Crippen LogP contribution in [0.25, 0.3) is 0 Å². The zero-order valence-corrected chi connectivity index (χ0v) is 11.7. The van der Waals surface area contributed by atoms with E-state index in [-0.39, 0.29) is 30.5 Å². The van der Waals surface area contributed by atoms with Crippen molar-refractivity contribution >= 4 is 18.3 Å². The van der Waals surface area contributed by atoms with E-state index in [0.29, 0.717) is 19.6 Å². The van der Waals surface area contributed by atoms with E-state index >= 15 is 0 Å². The first-order valence-corrected chi connectivity index (χ1v) is 6.43. The first-order chi connectivity index (χ1) is 8.25. The van der Waals surface area contributed by atoms with Gasteiger partial charge in [-0.1, -0.05) is 0 Å². The van der Waals surface area contributed by atoms with Crippen LogP contribution in [0.1, 0.15) is 19.3 Å². The highest BCUT2D eigenvalue weighted by Crippen LogP contribution is 2.13. The second-order valence-corrected chi connectivity index (χ2v) is 4.81. The maximum absolute atomic E-state index is 12.0. The summed E-state index contributed by atoms with van der Waals surface area (Å²) in [7, 11) is 1.85. The Hall–Kier alpha value is -0.360. The van der Waals surface area contributed by atoms with E-state index in [0.717, 1.165) is 32.5 Å². The molecule has 2 rings (SSSR count). The van der Waals surface area contributed by atoms with Gasteiger partial charge in [0.2, 0.25) is 5.91 Å². The molecular formula is C12H23ClN2O3. The van der Waals surface area contributed by atoms with Gasteiger partial charge in [0, 0.05) is 33.3 Å². The molecule has 18 heavy (non-hydrogen) atoms. The molecule has 2 fully saturated rings. The van der Waals surface area contributed by atoms with E-state index < -0.39 is 0 Å². The van der Waals surface area contributed by atoms with Crippen molar-refractivity contribution in [3.63, 3.8) is 0 Å². The first kappa shape index (κ1) is 15.7. The summed E-state index contributed by atoms with van der Waals surface area (Å²) >= 11 is 0. The number of rotatable bonds is 4. The summed E-state index contributed by atoms with van der Waals surface area (Å²) in [5, 5.41) is 3.23. The Morgan fingerprint density at radius 1 is 1.33 bits per heavy atom. The second kappa shape index (κ2) is 7.94. The molecular weight excluding hydrogens is 256 g/mol. The van der Waals surface area contributed by atoms with Crippen LogP contribution >= 0.6 is 12.4 Å². The highest BCUT2D eigenvalue weighted by Gasteiger charge is 2.23. The fraction of sp³-hybridized carbons (Fsp3) is 0.917. The predicted octanol–water partition coefficient (Wildman–Crippen LogP) is 0.424. The van der Waals surface area contributed by atoms with Crippen LogP contribution in [0, 0.1) is 0 Å². The monoisotopic (exact) mass is 278 g/mol. The summed E-state index contributed by atoms with van der Waals surface area (Å²) in [5.74, 6) is 0.147. The highest BCUT2D eigenvalue weighted by molar-refractivity contribution is 5.85. The van der Waals surface area contributed by atoms with E-state index in [1.54, 1.807) is 4.90 Å². The Kier molecular flexibility index (Phi) is 6.92. The topological polar surface area (TPSA) is 50.8 Å². The minimum Gasteiger partial charge on any atom is -0.376 e. The largest absolute Gasteiger partial charge is 0.376 e. The van der Waals surface area contributed by atoms with Crippen molar-refractivity contribution in [2.24, 2.45) is 0 Å². The Balaban J connectivity index is 0.00000162. The van der Waals surface area contributed by atoms with Gasteiger partial charge in [-0.25, -0.2) is 0 Å². The third kappa shape index (κ3) is 4.72. The van der Waals surface area contributed by atoms with E-state index in [9.17, 15) is 4.79 Å². The molecule has 2 aliphatic rings. The SMILES string of the molecule is CN(CC1CCCO1)C(=O)CC1CNCCO1.Cl. The molecule has 0 aromatic carbocycles. The number of halogens is 1. The maximum Gasteiger partial charge on any atom is 0.225 e. The van der Waals surface area contributed by atoms with Crippen LogP contribution in [0.2, 0.25) is 0 Å². The molecule has 0 radical (unpaired) electrons. The van der Waals surface area contributed by atoms with Crippen LogP contribution < -0.4 is 5.32 Å². The lowest BCUT2D eigenvalue weighted by Gasteiger charge is -2.26. The zero-order valence-electron chi connectivity index (χ0n) is 10.9. The molecule has 0 aromatic rings. The zero-order chi connectivity index (χ0) is 12.1. The smallest absolute Gasteiger partial charge is 0.225 e. The Bertz CT molecular complexity index is 254. The van der Waals surface area contributed by atoms with Gasteiger partial charge in [0.05, 0.1) is 25.2 Å². The number of hydrogen-bond acceptors (Lipinski definition) is 4. The lowest BCUT2D eigenvalue weighted by Crippen LogP contribution is -2.42. The van der Waals surface area contributed by atoms with Crippen molar-refractivity contribution in [1.29, 1.82) is 0 Å². The van der Waals surface area contributed by atoms with Crippen molar-refractivity contribution in [2.45, 2.75) is 31.5 Å². The van der Waals surface area contributed by atoms with Gasteiger partial charge in [0.25, 0.3) is 0 Å². The summed E-state index contributed by atoms with van der Waals surface area (Å²) in [6.07, 6.45) is 2.91. The van der Waals surface area contributed by atoms with Crippen molar-refractivity contribution in [2.75, 3.05) is 39.9 Å². The molecule has 2 heterocycles. The molecule has 0 aliphatic carbocycles. The molecule has 5 nitrogen and oxygen atoms in total. The van der Waals surface area contributed by atoms with Crippen molar-refractivity contribution < 1.29 is 14.3 Å². The average Bonchev–Trinajstić information content (AvgIpc) is 2.83. The molecule has 0 bridgehead atoms. The van der Waals surface area contributed by atoms with E-state index in [1.807, 2.05) is 7.05 Å². The fourth-order valence-electron chi connectivity index (χ4n) is 2.30. The van der Waals surface area contributed by atoms with Gasteiger partial charge in [0.1, 0.15) is 0 Å². The van der Waals surface area contributed by atoms with Gasteiger partial charge in [-0.3, -0.25) is 4.79 Å². The molecule has 2 aliphatic heterocycles. The lowest BCUT2D eigenvalue weighted by atomic mass is 10.2.